The minimum Gasteiger partial charge on any atom is -0.364 e. The summed E-state index contributed by atoms with van der Waals surface area (Å²) in [5.74, 6) is 0. The highest BCUT2D eigenvalue weighted by Crippen LogP contribution is 2.51. The third-order valence-corrected chi connectivity index (χ3v) is 8.31. The molecule has 2 atom stereocenters. The van der Waals surface area contributed by atoms with E-state index in [2.05, 4.69) is 132 Å². The third kappa shape index (κ3) is 5.20. The Morgan fingerprint density at radius 1 is 0.489 bits per heavy atom. The van der Waals surface area contributed by atoms with Crippen LogP contribution in [0.1, 0.15) is 57.0 Å². The van der Waals surface area contributed by atoms with Crippen LogP contribution < -0.4 is 0 Å². The second-order valence-electron chi connectivity index (χ2n) is 11.1. The SMILES string of the molecule is C1=C(c2ccccc2)C(=Cc2ccon2)C(OC2C(=Cc3ccon3)C(c3ccccc3)=Cc3ccccc32)c2ccccc21. The normalized spacial score (nSPS) is 19.1. The van der Waals surface area contributed by atoms with Crippen molar-refractivity contribution in [2.45, 2.75) is 12.2 Å². The molecular weight excluding hydrogens is 556 g/mol. The molecule has 216 valence electrons. The number of aromatic nitrogens is 2. The molecule has 0 N–H and O–H groups in total. The average molecular weight is 585 g/mol. The summed E-state index contributed by atoms with van der Waals surface area (Å²) in [5, 5.41) is 8.51. The van der Waals surface area contributed by atoms with Crippen LogP contribution in [0.15, 0.2) is 154 Å². The van der Waals surface area contributed by atoms with Gasteiger partial charge in [0.1, 0.15) is 36.1 Å². The van der Waals surface area contributed by atoms with Crippen LogP contribution in [0.5, 0.6) is 0 Å². The molecule has 5 nitrogen and oxygen atoms in total. The Bertz CT molecular complexity index is 1920. The Morgan fingerprint density at radius 3 is 1.33 bits per heavy atom. The van der Waals surface area contributed by atoms with E-state index >= 15 is 0 Å². The topological polar surface area (TPSA) is 61.3 Å². The standard InChI is InChI=1S/C40H28N2O3/c1-3-11-27(12-4-1)35-23-29-15-7-9-17-33(29)39(37(35)25-31-19-21-43-41-31)45-40-34-18-10-8-16-30(34)24-36(28-13-5-2-6-14-28)38(40)26-32-20-22-44-42-32/h1-26,39-40H. The van der Waals surface area contributed by atoms with Crippen LogP contribution in [-0.4, -0.2) is 10.3 Å². The molecule has 0 radical (unpaired) electrons. The molecule has 5 heteroatoms. The van der Waals surface area contributed by atoms with Crippen LogP contribution in [-0.2, 0) is 4.74 Å². The first-order valence-electron chi connectivity index (χ1n) is 14.9. The number of ether oxygens (including phenoxy) is 1. The maximum atomic E-state index is 7.48. The highest BCUT2D eigenvalue weighted by Gasteiger charge is 2.35. The van der Waals surface area contributed by atoms with Crippen LogP contribution in [0.2, 0.25) is 0 Å². The molecule has 0 amide bonds. The summed E-state index contributed by atoms with van der Waals surface area (Å²) in [6.45, 7) is 0. The van der Waals surface area contributed by atoms with Crippen LogP contribution >= 0.6 is 0 Å². The molecule has 2 aromatic heterocycles. The Hall–Kier alpha value is -5.78. The number of rotatable bonds is 6. The molecule has 0 aliphatic heterocycles. The monoisotopic (exact) mass is 584 g/mol. The van der Waals surface area contributed by atoms with E-state index in [9.17, 15) is 0 Å². The summed E-state index contributed by atoms with van der Waals surface area (Å²) >= 11 is 0. The molecule has 0 fully saturated rings. The van der Waals surface area contributed by atoms with E-state index in [1.54, 1.807) is 12.5 Å². The van der Waals surface area contributed by atoms with Crippen LogP contribution in [0.25, 0.3) is 35.5 Å². The van der Waals surface area contributed by atoms with Gasteiger partial charge in [-0.1, -0.05) is 120 Å². The zero-order chi connectivity index (χ0) is 30.0. The number of fused-ring (bicyclic) bond motifs is 2. The molecule has 2 heterocycles. The minimum atomic E-state index is -0.424. The molecule has 8 rings (SSSR count). The quantitative estimate of drug-likeness (QED) is 0.195. The Morgan fingerprint density at radius 2 is 0.911 bits per heavy atom. The maximum absolute atomic E-state index is 7.48. The molecule has 0 spiro atoms. The number of nitrogens with zero attached hydrogens (tertiary/aromatic N) is 2. The van der Waals surface area contributed by atoms with E-state index < -0.39 is 12.2 Å². The van der Waals surface area contributed by atoms with Crippen molar-refractivity contribution in [2.24, 2.45) is 0 Å². The predicted molar refractivity (Wildman–Crippen MR) is 177 cm³/mol. The largest absolute Gasteiger partial charge is 0.364 e. The maximum Gasteiger partial charge on any atom is 0.124 e. The van der Waals surface area contributed by atoms with Crippen molar-refractivity contribution in [3.63, 3.8) is 0 Å². The van der Waals surface area contributed by atoms with E-state index in [0.29, 0.717) is 0 Å². The molecule has 0 saturated carbocycles. The fourth-order valence-electron chi connectivity index (χ4n) is 6.24. The number of hydrogen-bond acceptors (Lipinski definition) is 5. The highest BCUT2D eigenvalue weighted by atomic mass is 16.5. The van der Waals surface area contributed by atoms with E-state index in [1.807, 2.05) is 24.3 Å². The third-order valence-electron chi connectivity index (χ3n) is 8.31. The molecule has 0 bridgehead atoms. The van der Waals surface area contributed by atoms with Gasteiger partial charge in [-0.2, -0.15) is 0 Å². The van der Waals surface area contributed by atoms with Gasteiger partial charge in [0.05, 0.1) is 0 Å². The van der Waals surface area contributed by atoms with Crippen LogP contribution in [0.3, 0.4) is 0 Å². The molecule has 2 aliphatic rings. The summed E-state index contributed by atoms with van der Waals surface area (Å²) in [4.78, 5) is 0. The van der Waals surface area contributed by atoms with E-state index in [4.69, 9.17) is 13.8 Å². The molecule has 0 saturated heterocycles. The predicted octanol–water partition coefficient (Wildman–Crippen LogP) is 9.74. The summed E-state index contributed by atoms with van der Waals surface area (Å²) in [6.07, 6.45) is 11.0. The first-order valence-corrected chi connectivity index (χ1v) is 14.9. The van der Waals surface area contributed by atoms with Crippen molar-refractivity contribution in [2.75, 3.05) is 0 Å². The van der Waals surface area contributed by atoms with Crippen molar-refractivity contribution in [3.05, 3.63) is 190 Å². The fraction of sp³-hybridized carbons (Fsp3) is 0.0500. The van der Waals surface area contributed by atoms with Crippen LogP contribution in [0, 0.1) is 0 Å². The first kappa shape index (κ1) is 26.8. The lowest BCUT2D eigenvalue weighted by atomic mass is 9.80. The van der Waals surface area contributed by atoms with Crippen molar-refractivity contribution >= 4 is 35.5 Å². The Kier molecular flexibility index (Phi) is 6.98. The first-order chi connectivity index (χ1) is 22.3. The lowest BCUT2D eigenvalue weighted by Gasteiger charge is -2.36. The molecule has 2 aliphatic carbocycles. The lowest BCUT2D eigenvalue weighted by molar-refractivity contribution is 0.0314. The smallest absolute Gasteiger partial charge is 0.124 e. The van der Waals surface area contributed by atoms with Crippen molar-refractivity contribution in [3.8, 4) is 0 Å². The molecule has 6 aromatic rings. The molecule has 2 unspecified atom stereocenters. The number of hydrogen-bond donors (Lipinski definition) is 0. The molecular formula is C40H28N2O3. The van der Waals surface area contributed by atoms with Crippen molar-refractivity contribution in [1.82, 2.24) is 10.3 Å². The van der Waals surface area contributed by atoms with E-state index in [1.165, 1.54) is 0 Å². The second-order valence-corrected chi connectivity index (χ2v) is 11.1. The number of benzene rings is 4. The Balaban J connectivity index is 1.34. The summed E-state index contributed by atoms with van der Waals surface area (Å²) < 4.78 is 18.0. The van der Waals surface area contributed by atoms with Gasteiger partial charge >= 0.3 is 0 Å². The minimum absolute atomic E-state index is 0.424. The zero-order valence-corrected chi connectivity index (χ0v) is 24.3. The average Bonchev–Trinajstić information content (AvgIpc) is 3.82. The van der Waals surface area contributed by atoms with Crippen molar-refractivity contribution in [1.29, 1.82) is 0 Å². The second kappa shape index (κ2) is 11.7. The molecule has 4 aromatic carbocycles. The van der Waals surface area contributed by atoms with Crippen LogP contribution in [0.4, 0.5) is 0 Å². The Labute approximate surface area is 261 Å². The van der Waals surface area contributed by atoms with Gasteiger partial charge in [-0.15, -0.1) is 0 Å². The highest BCUT2D eigenvalue weighted by molar-refractivity contribution is 5.99. The fourth-order valence-corrected chi connectivity index (χ4v) is 6.24. The lowest BCUT2D eigenvalue weighted by Crippen LogP contribution is -2.21. The van der Waals surface area contributed by atoms with Gasteiger partial charge in [-0.25, -0.2) is 0 Å². The summed E-state index contributed by atoms with van der Waals surface area (Å²) in [6, 6.07) is 41.5. The van der Waals surface area contributed by atoms with Gasteiger partial charge in [-0.3, -0.25) is 0 Å². The van der Waals surface area contributed by atoms with Gasteiger partial charge < -0.3 is 13.8 Å². The zero-order valence-electron chi connectivity index (χ0n) is 24.3. The van der Waals surface area contributed by atoms with Crippen molar-refractivity contribution < 1.29 is 13.8 Å². The van der Waals surface area contributed by atoms with Gasteiger partial charge in [0.15, 0.2) is 0 Å². The molecule has 45 heavy (non-hydrogen) atoms. The van der Waals surface area contributed by atoms with Gasteiger partial charge in [0, 0.05) is 12.1 Å². The van der Waals surface area contributed by atoms with E-state index in [-0.39, 0.29) is 0 Å². The van der Waals surface area contributed by atoms with Gasteiger partial charge in [-0.05, 0) is 80.0 Å². The summed E-state index contributed by atoms with van der Waals surface area (Å²) in [5.41, 5.74) is 12.2. The van der Waals surface area contributed by atoms with E-state index in [0.717, 1.165) is 67.1 Å². The summed E-state index contributed by atoms with van der Waals surface area (Å²) in [7, 11) is 0. The van der Waals surface area contributed by atoms with Gasteiger partial charge in [0.25, 0.3) is 0 Å². The van der Waals surface area contributed by atoms with Gasteiger partial charge in [0.2, 0.25) is 0 Å².